The van der Waals surface area contributed by atoms with Gasteiger partial charge in [0.2, 0.25) is 11.8 Å². The van der Waals surface area contributed by atoms with Gasteiger partial charge in [-0.05, 0) is 35.7 Å². The van der Waals surface area contributed by atoms with Gasteiger partial charge < -0.3 is 10.2 Å². The molecule has 2 aromatic carbocycles. The van der Waals surface area contributed by atoms with Crippen LogP contribution in [-0.4, -0.2) is 46.6 Å². The first kappa shape index (κ1) is 18.6. The Bertz CT molecular complexity index is 921. The highest BCUT2D eigenvalue weighted by atomic mass is 16.2. The fraction of sp³-hybridized carbons (Fsp3) is 0.286. The smallest absolute Gasteiger partial charge is 0.247 e. The molecule has 0 aliphatic heterocycles. The Hall–Kier alpha value is -3.15. The second-order valence-electron chi connectivity index (χ2n) is 6.64. The molecule has 1 unspecified atom stereocenters. The quantitative estimate of drug-likeness (QED) is 0.700. The van der Waals surface area contributed by atoms with E-state index in [1.807, 2.05) is 12.1 Å². The Morgan fingerprint density at radius 3 is 2.67 bits per heavy atom. The maximum atomic E-state index is 12.4. The fourth-order valence-electron chi connectivity index (χ4n) is 3.03. The molecule has 6 nitrogen and oxygen atoms in total. The van der Waals surface area contributed by atoms with Gasteiger partial charge in [0.15, 0.2) is 0 Å². The van der Waals surface area contributed by atoms with Crippen LogP contribution in [0.4, 0.5) is 0 Å². The van der Waals surface area contributed by atoms with Gasteiger partial charge in [0.25, 0.3) is 0 Å². The summed E-state index contributed by atoms with van der Waals surface area (Å²) in [6, 6.07) is 15.8. The van der Waals surface area contributed by atoms with Crippen molar-refractivity contribution in [2.75, 3.05) is 20.1 Å². The minimum atomic E-state index is -0.435. The lowest BCUT2D eigenvalue weighted by molar-refractivity contribution is -0.137. The first-order valence-electron chi connectivity index (χ1n) is 9.03. The van der Waals surface area contributed by atoms with Crippen LogP contribution >= 0.6 is 0 Å². The second kappa shape index (κ2) is 8.49. The standard InChI is InChI=1S/C21H24N4O2/c1-16(25-13-5-11-23-25)21(27)24(2)15-20(26)22-12-10-17-8-9-18-6-3-4-7-19(18)14-17/h3-9,11,13-14,16H,10,12,15H2,1-2H3,(H,22,26). The number of hydrogen-bond donors (Lipinski definition) is 1. The van der Waals surface area contributed by atoms with Gasteiger partial charge in [-0.2, -0.15) is 5.10 Å². The van der Waals surface area contributed by atoms with Crippen molar-refractivity contribution in [2.24, 2.45) is 0 Å². The number of aromatic nitrogens is 2. The predicted octanol–water partition coefficient (Wildman–Crippen LogP) is 2.41. The average molecular weight is 364 g/mol. The van der Waals surface area contributed by atoms with Crippen LogP contribution in [0.1, 0.15) is 18.5 Å². The lowest BCUT2D eigenvalue weighted by atomic mass is 10.1. The van der Waals surface area contributed by atoms with E-state index in [0.717, 1.165) is 6.42 Å². The Kier molecular flexibility index (Phi) is 5.86. The molecule has 0 radical (unpaired) electrons. The lowest BCUT2D eigenvalue weighted by Crippen LogP contribution is -2.41. The van der Waals surface area contributed by atoms with E-state index in [1.54, 1.807) is 37.1 Å². The zero-order valence-corrected chi connectivity index (χ0v) is 15.6. The van der Waals surface area contributed by atoms with Crippen LogP contribution < -0.4 is 5.32 Å². The van der Waals surface area contributed by atoms with Gasteiger partial charge in [0, 0.05) is 26.0 Å². The van der Waals surface area contributed by atoms with Crippen LogP contribution in [0.25, 0.3) is 10.8 Å². The molecule has 1 aromatic heterocycles. The van der Waals surface area contributed by atoms with Gasteiger partial charge in [0.05, 0.1) is 6.54 Å². The Morgan fingerprint density at radius 2 is 1.93 bits per heavy atom. The minimum Gasteiger partial charge on any atom is -0.354 e. The third-order valence-corrected chi connectivity index (χ3v) is 4.59. The number of nitrogens with zero attached hydrogens (tertiary/aromatic N) is 3. The van der Waals surface area contributed by atoms with E-state index in [0.29, 0.717) is 6.54 Å². The van der Waals surface area contributed by atoms with E-state index < -0.39 is 6.04 Å². The summed E-state index contributed by atoms with van der Waals surface area (Å²) in [4.78, 5) is 26.0. The third-order valence-electron chi connectivity index (χ3n) is 4.59. The molecule has 3 aromatic rings. The summed E-state index contributed by atoms with van der Waals surface area (Å²) in [5.41, 5.74) is 1.17. The van der Waals surface area contributed by atoms with Crippen molar-refractivity contribution >= 4 is 22.6 Å². The number of amides is 2. The molecule has 0 fully saturated rings. The van der Waals surface area contributed by atoms with Crippen molar-refractivity contribution < 1.29 is 9.59 Å². The molecule has 6 heteroatoms. The summed E-state index contributed by atoms with van der Waals surface area (Å²) in [5, 5.41) is 9.35. The SMILES string of the molecule is CC(C(=O)N(C)CC(=O)NCCc1ccc2ccccc2c1)n1cccn1. The molecule has 0 saturated carbocycles. The molecule has 140 valence electrons. The molecule has 0 spiro atoms. The molecule has 27 heavy (non-hydrogen) atoms. The highest BCUT2D eigenvalue weighted by Gasteiger charge is 2.20. The van der Waals surface area contributed by atoms with E-state index in [9.17, 15) is 9.59 Å². The summed E-state index contributed by atoms with van der Waals surface area (Å²) in [7, 11) is 1.63. The van der Waals surface area contributed by atoms with E-state index in [2.05, 4.69) is 40.7 Å². The Balaban J connectivity index is 1.46. The van der Waals surface area contributed by atoms with Crippen LogP contribution in [0.15, 0.2) is 60.9 Å². The molecule has 0 bridgehead atoms. The molecule has 1 N–H and O–H groups in total. The summed E-state index contributed by atoms with van der Waals surface area (Å²) in [5.74, 6) is -0.317. The molecule has 0 aliphatic carbocycles. The average Bonchev–Trinajstić information content (AvgIpc) is 3.21. The van der Waals surface area contributed by atoms with E-state index in [1.165, 1.54) is 21.2 Å². The van der Waals surface area contributed by atoms with Crippen molar-refractivity contribution in [1.29, 1.82) is 0 Å². The highest BCUT2D eigenvalue weighted by Crippen LogP contribution is 2.15. The number of nitrogens with one attached hydrogen (secondary N) is 1. The monoisotopic (exact) mass is 364 g/mol. The van der Waals surface area contributed by atoms with Crippen molar-refractivity contribution in [3.05, 3.63) is 66.5 Å². The summed E-state index contributed by atoms with van der Waals surface area (Å²) in [6.45, 7) is 2.33. The van der Waals surface area contributed by atoms with Crippen molar-refractivity contribution in [2.45, 2.75) is 19.4 Å². The lowest BCUT2D eigenvalue weighted by Gasteiger charge is -2.21. The van der Waals surface area contributed by atoms with Gasteiger partial charge in [-0.1, -0.05) is 42.5 Å². The number of fused-ring (bicyclic) bond motifs is 1. The van der Waals surface area contributed by atoms with Crippen molar-refractivity contribution in [1.82, 2.24) is 20.0 Å². The zero-order chi connectivity index (χ0) is 19.2. The number of carbonyl (C=O) groups is 2. The molecule has 0 saturated heterocycles. The predicted molar refractivity (Wildman–Crippen MR) is 105 cm³/mol. The molecule has 1 heterocycles. The Labute approximate surface area is 158 Å². The van der Waals surface area contributed by atoms with Gasteiger partial charge in [0.1, 0.15) is 6.04 Å². The summed E-state index contributed by atoms with van der Waals surface area (Å²) >= 11 is 0. The van der Waals surface area contributed by atoms with Crippen LogP contribution in [0.5, 0.6) is 0 Å². The number of carbonyl (C=O) groups excluding carboxylic acids is 2. The first-order valence-corrected chi connectivity index (χ1v) is 9.03. The van der Waals surface area contributed by atoms with Crippen LogP contribution in [-0.2, 0) is 16.0 Å². The maximum Gasteiger partial charge on any atom is 0.247 e. The van der Waals surface area contributed by atoms with Crippen LogP contribution in [0, 0.1) is 0 Å². The van der Waals surface area contributed by atoms with E-state index in [4.69, 9.17) is 0 Å². The second-order valence-corrected chi connectivity index (χ2v) is 6.64. The zero-order valence-electron chi connectivity index (χ0n) is 15.6. The highest BCUT2D eigenvalue weighted by molar-refractivity contribution is 5.86. The summed E-state index contributed by atoms with van der Waals surface area (Å²) < 4.78 is 1.58. The van der Waals surface area contributed by atoms with Crippen LogP contribution in [0.2, 0.25) is 0 Å². The van der Waals surface area contributed by atoms with E-state index in [-0.39, 0.29) is 18.4 Å². The molecule has 0 aliphatic rings. The van der Waals surface area contributed by atoms with Crippen molar-refractivity contribution in [3.63, 3.8) is 0 Å². The third kappa shape index (κ3) is 4.73. The minimum absolute atomic E-state index is 0.0299. The number of hydrogen-bond acceptors (Lipinski definition) is 3. The van der Waals surface area contributed by atoms with Crippen molar-refractivity contribution in [3.8, 4) is 0 Å². The fourth-order valence-corrected chi connectivity index (χ4v) is 3.03. The normalized spacial score (nSPS) is 11.9. The van der Waals surface area contributed by atoms with Gasteiger partial charge in [-0.15, -0.1) is 0 Å². The molecule has 3 rings (SSSR count). The van der Waals surface area contributed by atoms with Gasteiger partial charge in [-0.25, -0.2) is 0 Å². The first-order chi connectivity index (χ1) is 13.0. The maximum absolute atomic E-state index is 12.4. The Morgan fingerprint density at radius 1 is 1.15 bits per heavy atom. The molecular weight excluding hydrogens is 340 g/mol. The number of benzene rings is 2. The van der Waals surface area contributed by atoms with E-state index >= 15 is 0 Å². The summed E-state index contributed by atoms with van der Waals surface area (Å²) in [6.07, 6.45) is 4.11. The number of rotatable bonds is 7. The molecular formula is C21H24N4O2. The van der Waals surface area contributed by atoms with Crippen LogP contribution in [0.3, 0.4) is 0 Å². The molecule has 1 atom stereocenters. The number of likely N-dealkylation sites (N-methyl/N-ethyl adjacent to an activating group) is 1. The van der Waals surface area contributed by atoms with Gasteiger partial charge >= 0.3 is 0 Å². The molecule has 2 amide bonds. The topological polar surface area (TPSA) is 67.2 Å². The van der Waals surface area contributed by atoms with Gasteiger partial charge in [-0.3, -0.25) is 14.3 Å². The largest absolute Gasteiger partial charge is 0.354 e.